The molecule has 1 amide bonds. The molecule has 1 aliphatic heterocycles. The number of imidazole rings is 1. The minimum absolute atomic E-state index is 0.149. The number of nitrogens with zero attached hydrogens (tertiary/aromatic N) is 3. The van der Waals surface area contributed by atoms with Crippen LogP contribution in [0.1, 0.15) is 35.4 Å². The van der Waals surface area contributed by atoms with E-state index >= 15 is 0 Å². The van der Waals surface area contributed by atoms with Gasteiger partial charge in [0, 0.05) is 24.3 Å². The molecule has 0 unspecified atom stereocenters. The zero-order valence-corrected chi connectivity index (χ0v) is 16.4. The van der Waals surface area contributed by atoms with E-state index in [1.54, 1.807) is 17.0 Å². The van der Waals surface area contributed by atoms with Crippen LogP contribution in [0.4, 0.5) is 10.1 Å². The number of rotatable bonds is 5. The molecule has 4 rings (SSSR count). The molecule has 0 N–H and O–H groups in total. The summed E-state index contributed by atoms with van der Waals surface area (Å²) in [6, 6.07) is 16.0. The van der Waals surface area contributed by atoms with E-state index < -0.39 is 0 Å². The van der Waals surface area contributed by atoms with Crippen molar-refractivity contribution >= 4 is 11.6 Å². The third-order valence-electron chi connectivity index (χ3n) is 5.28. The Morgan fingerprint density at radius 2 is 1.97 bits per heavy atom. The molecule has 3 aromatic rings. The van der Waals surface area contributed by atoms with Crippen LogP contribution in [0.2, 0.25) is 0 Å². The number of hydrogen-bond donors (Lipinski definition) is 0. The molecule has 0 saturated heterocycles. The van der Waals surface area contributed by atoms with Crippen molar-refractivity contribution in [1.29, 1.82) is 0 Å². The molecule has 4 nitrogen and oxygen atoms in total. The number of anilines is 1. The highest BCUT2D eigenvalue weighted by Gasteiger charge is 2.28. The minimum atomic E-state index is -0.307. The summed E-state index contributed by atoms with van der Waals surface area (Å²) < 4.78 is 16.0. The zero-order chi connectivity index (χ0) is 20.2. The summed E-state index contributed by atoms with van der Waals surface area (Å²) in [4.78, 5) is 20.0. The molecule has 0 fully saturated rings. The van der Waals surface area contributed by atoms with Gasteiger partial charge in [0.05, 0.1) is 5.69 Å². The molecular weight excluding hydrogens is 365 g/mol. The highest BCUT2D eigenvalue weighted by atomic mass is 19.1. The van der Waals surface area contributed by atoms with Gasteiger partial charge in [-0.05, 0) is 43.5 Å². The highest BCUT2D eigenvalue weighted by molar-refractivity contribution is 6.06. The number of benzene rings is 2. The fourth-order valence-corrected chi connectivity index (χ4v) is 3.91. The largest absolute Gasteiger partial charge is 0.327 e. The van der Waals surface area contributed by atoms with Crippen molar-refractivity contribution in [3.05, 3.63) is 84.5 Å². The molecule has 0 aliphatic carbocycles. The van der Waals surface area contributed by atoms with E-state index in [0.29, 0.717) is 23.6 Å². The quantitative estimate of drug-likeness (QED) is 0.559. The van der Waals surface area contributed by atoms with Gasteiger partial charge in [-0.15, -0.1) is 6.58 Å². The van der Waals surface area contributed by atoms with Crippen molar-refractivity contribution < 1.29 is 9.18 Å². The second kappa shape index (κ2) is 8.43. The standard InChI is InChI=1S/C24H24FN3O/c1-2-15-27(20-12-5-3-6-13-20)24(29)22-21-14-7-4-8-16-28(21)23(26-22)18-10-9-11-19(25)17-18/h2-3,5-6,9-13,17H,1,4,7-8,14-16H2. The van der Waals surface area contributed by atoms with Crippen LogP contribution in [0, 0.1) is 5.82 Å². The maximum absolute atomic E-state index is 13.9. The van der Waals surface area contributed by atoms with E-state index in [4.69, 9.17) is 4.98 Å². The van der Waals surface area contributed by atoms with Gasteiger partial charge in [-0.25, -0.2) is 9.37 Å². The molecule has 0 bridgehead atoms. The maximum atomic E-state index is 13.9. The number of fused-ring (bicyclic) bond motifs is 1. The number of para-hydroxylation sites is 1. The van der Waals surface area contributed by atoms with Crippen molar-refractivity contribution in [2.24, 2.45) is 0 Å². The van der Waals surface area contributed by atoms with Crippen LogP contribution in [0.25, 0.3) is 11.4 Å². The van der Waals surface area contributed by atoms with E-state index in [2.05, 4.69) is 11.1 Å². The van der Waals surface area contributed by atoms with Crippen LogP contribution < -0.4 is 4.90 Å². The fourth-order valence-electron chi connectivity index (χ4n) is 3.91. The number of hydrogen-bond acceptors (Lipinski definition) is 2. The van der Waals surface area contributed by atoms with Gasteiger partial charge in [0.1, 0.15) is 11.6 Å². The molecule has 29 heavy (non-hydrogen) atoms. The molecular formula is C24H24FN3O. The van der Waals surface area contributed by atoms with Crippen LogP contribution in [-0.2, 0) is 13.0 Å². The van der Waals surface area contributed by atoms with Crippen LogP contribution in [0.15, 0.2) is 67.3 Å². The lowest BCUT2D eigenvalue weighted by Gasteiger charge is -2.21. The van der Waals surface area contributed by atoms with Gasteiger partial charge in [-0.1, -0.05) is 42.8 Å². The summed E-state index contributed by atoms with van der Waals surface area (Å²) >= 11 is 0. The average Bonchev–Trinajstić information content (AvgIpc) is 2.93. The lowest BCUT2D eigenvalue weighted by Crippen LogP contribution is -2.32. The lowest BCUT2D eigenvalue weighted by molar-refractivity contribution is 0.0984. The SMILES string of the molecule is C=CCN(C(=O)c1nc(-c2cccc(F)c2)n2c1CCCCC2)c1ccccc1. The summed E-state index contributed by atoms with van der Waals surface area (Å²) in [6.07, 6.45) is 5.65. The molecule has 0 saturated carbocycles. The van der Waals surface area contributed by atoms with Crippen molar-refractivity contribution in [3.8, 4) is 11.4 Å². The predicted molar refractivity (Wildman–Crippen MR) is 113 cm³/mol. The van der Waals surface area contributed by atoms with Crippen molar-refractivity contribution in [2.75, 3.05) is 11.4 Å². The first kappa shape index (κ1) is 19.1. The summed E-state index contributed by atoms with van der Waals surface area (Å²) in [5, 5.41) is 0. The predicted octanol–water partition coefficient (Wildman–Crippen LogP) is 5.25. The van der Waals surface area contributed by atoms with Crippen LogP contribution in [-0.4, -0.2) is 22.0 Å². The molecule has 2 heterocycles. The van der Waals surface area contributed by atoms with Gasteiger partial charge < -0.3 is 9.47 Å². The van der Waals surface area contributed by atoms with Crippen LogP contribution in [0.5, 0.6) is 0 Å². The molecule has 0 atom stereocenters. The Morgan fingerprint density at radius 3 is 2.72 bits per heavy atom. The van der Waals surface area contributed by atoms with Crippen LogP contribution in [0.3, 0.4) is 0 Å². The normalized spacial score (nSPS) is 13.4. The average molecular weight is 389 g/mol. The van der Waals surface area contributed by atoms with E-state index in [-0.39, 0.29) is 11.7 Å². The molecule has 1 aromatic heterocycles. The van der Waals surface area contributed by atoms with Gasteiger partial charge >= 0.3 is 0 Å². The highest BCUT2D eigenvalue weighted by Crippen LogP contribution is 2.29. The number of aromatic nitrogens is 2. The smallest absolute Gasteiger partial charge is 0.279 e. The van der Waals surface area contributed by atoms with E-state index in [1.807, 2.05) is 36.4 Å². The Labute approximate surface area is 170 Å². The van der Waals surface area contributed by atoms with Crippen molar-refractivity contribution in [3.63, 3.8) is 0 Å². The second-order valence-corrected chi connectivity index (χ2v) is 7.24. The van der Waals surface area contributed by atoms with Gasteiger partial charge in [0.2, 0.25) is 0 Å². The third kappa shape index (κ3) is 3.86. The maximum Gasteiger partial charge on any atom is 0.279 e. The zero-order valence-electron chi connectivity index (χ0n) is 16.4. The Hall–Kier alpha value is -3.21. The van der Waals surface area contributed by atoms with E-state index in [9.17, 15) is 9.18 Å². The number of amides is 1. The molecule has 148 valence electrons. The van der Waals surface area contributed by atoms with Gasteiger partial charge in [0.25, 0.3) is 5.91 Å². The third-order valence-corrected chi connectivity index (χ3v) is 5.28. The monoisotopic (exact) mass is 389 g/mol. The second-order valence-electron chi connectivity index (χ2n) is 7.24. The van der Waals surface area contributed by atoms with Gasteiger partial charge in [-0.2, -0.15) is 0 Å². The summed E-state index contributed by atoms with van der Waals surface area (Å²) in [7, 11) is 0. The first-order chi connectivity index (χ1) is 14.2. The van der Waals surface area contributed by atoms with E-state index in [0.717, 1.165) is 43.6 Å². The molecule has 1 aliphatic rings. The van der Waals surface area contributed by atoms with Gasteiger partial charge in [-0.3, -0.25) is 4.79 Å². The molecule has 0 radical (unpaired) electrons. The summed E-state index contributed by atoms with van der Waals surface area (Å²) in [5.41, 5.74) is 2.90. The number of carbonyl (C=O) groups is 1. The molecule has 0 spiro atoms. The Kier molecular flexibility index (Phi) is 5.56. The Bertz CT molecular complexity index is 1030. The first-order valence-electron chi connectivity index (χ1n) is 10.0. The van der Waals surface area contributed by atoms with Crippen molar-refractivity contribution in [1.82, 2.24) is 9.55 Å². The first-order valence-corrected chi connectivity index (χ1v) is 10.0. The van der Waals surface area contributed by atoms with Gasteiger partial charge in [0.15, 0.2) is 5.69 Å². The van der Waals surface area contributed by atoms with E-state index in [1.165, 1.54) is 12.1 Å². The number of carbonyl (C=O) groups excluding carboxylic acids is 1. The summed E-state index contributed by atoms with van der Waals surface area (Å²) in [6.45, 7) is 4.99. The fraction of sp³-hybridized carbons (Fsp3) is 0.250. The Morgan fingerprint density at radius 1 is 1.14 bits per heavy atom. The summed E-state index contributed by atoms with van der Waals surface area (Å²) in [5.74, 6) is 0.208. The topological polar surface area (TPSA) is 38.1 Å². The molecule has 2 aromatic carbocycles. The lowest BCUT2D eigenvalue weighted by atomic mass is 10.1. The number of halogens is 1. The Balaban J connectivity index is 1.82. The molecule has 5 heteroatoms. The van der Waals surface area contributed by atoms with Crippen LogP contribution >= 0.6 is 0 Å². The minimum Gasteiger partial charge on any atom is -0.327 e. The van der Waals surface area contributed by atoms with Crippen molar-refractivity contribution in [2.45, 2.75) is 32.2 Å².